The van der Waals surface area contributed by atoms with E-state index < -0.39 is 10.0 Å². The molecule has 4 rings (SSSR count). The van der Waals surface area contributed by atoms with Gasteiger partial charge in [0.2, 0.25) is 15.9 Å². The van der Waals surface area contributed by atoms with Gasteiger partial charge in [-0.1, -0.05) is 41.9 Å². The van der Waals surface area contributed by atoms with E-state index in [1.54, 1.807) is 30.3 Å². The van der Waals surface area contributed by atoms with Gasteiger partial charge in [-0.3, -0.25) is 4.79 Å². The maximum atomic E-state index is 13.0. The van der Waals surface area contributed by atoms with Gasteiger partial charge >= 0.3 is 0 Å². The number of rotatable bonds is 7. The smallest absolute Gasteiger partial charge is 0.243 e. The van der Waals surface area contributed by atoms with Gasteiger partial charge in [0.05, 0.1) is 30.2 Å². The number of carbonyl (C=O) groups is 1. The maximum Gasteiger partial charge on any atom is 0.243 e. The van der Waals surface area contributed by atoms with E-state index in [-0.39, 0.29) is 23.8 Å². The number of carbonyl (C=O) groups excluding carboxylic acids is 1. The van der Waals surface area contributed by atoms with Crippen molar-refractivity contribution >= 4 is 38.9 Å². The van der Waals surface area contributed by atoms with Crippen molar-refractivity contribution in [1.82, 2.24) is 14.6 Å². The number of halogens is 1. The zero-order valence-electron chi connectivity index (χ0n) is 17.2. The molecule has 0 saturated carbocycles. The van der Waals surface area contributed by atoms with E-state index in [9.17, 15) is 13.2 Å². The second-order valence-electron chi connectivity index (χ2n) is 7.23. The van der Waals surface area contributed by atoms with Crippen molar-refractivity contribution in [2.24, 2.45) is 0 Å². The molecule has 1 amide bonds. The molecule has 1 fully saturated rings. The zero-order chi connectivity index (χ0) is 22.6. The molecule has 0 aliphatic carbocycles. The molecule has 168 valence electrons. The molecule has 7 nitrogen and oxygen atoms in total. The summed E-state index contributed by atoms with van der Waals surface area (Å²) in [6, 6.07) is 14.1. The first-order chi connectivity index (χ1) is 15.4. The molecular formula is C22H22ClN3O4S2. The summed E-state index contributed by atoms with van der Waals surface area (Å²) in [6.07, 6.45) is 0.107. The predicted octanol–water partition coefficient (Wildman–Crippen LogP) is 3.34. The monoisotopic (exact) mass is 491 g/mol. The summed E-state index contributed by atoms with van der Waals surface area (Å²) in [7, 11) is -3.65. The summed E-state index contributed by atoms with van der Waals surface area (Å²) in [5, 5.41) is 6.07. The van der Waals surface area contributed by atoms with Crippen molar-refractivity contribution in [3.05, 3.63) is 70.2 Å². The number of sulfonamides is 1. The Balaban J connectivity index is 1.41. The number of benzene rings is 2. The lowest BCUT2D eigenvalue weighted by molar-refractivity contribution is -0.120. The first-order valence-corrected chi connectivity index (χ1v) is 12.8. The molecule has 1 N–H and O–H groups in total. The summed E-state index contributed by atoms with van der Waals surface area (Å²) in [5.74, 6) is -0.230. The number of nitrogens with one attached hydrogen (secondary N) is 1. The van der Waals surface area contributed by atoms with Crippen molar-refractivity contribution < 1.29 is 17.9 Å². The lowest BCUT2D eigenvalue weighted by Gasteiger charge is -2.27. The molecule has 3 aromatic rings. The van der Waals surface area contributed by atoms with Crippen LogP contribution in [0, 0.1) is 0 Å². The minimum Gasteiger partial charge on any atom is -0.379 e. The lowest BCUT2D eigenvalue weighted by Crippen LogP contribution is -2.41. The molecule has 0 atom stereocenters. The van der Waals surface area contributed by atoms with Crippen molar-refractivity contribution in [2.75, 3.05) is 26.3 Å². The summed E-state index contributed by atoms with van der Waals surface area (Å²) >= 11 is 7.49. The van der Waals surface area contributed by atoms with E-state index in [0.717, 1.165) is 10.6 Å². The van der Waals surface area contributed by atoms with Gasteiger partial charge in [-0.2, -0.15) is 4.31 Å². The van der Waals surface area contributed by atoms with Crippen LogP contribution < -0.4 is 5.32 Å². The third-order valence-electron chi connectivity index (χ3n) is 5.00. The van der Waals surface area contributed by atoms with Crippen LogP contribution in [0.4, 0.5) is 0 Å². The van der Waals surface area contributed by atoms with Crippen molar-refractivity contribution in [2.45, 2.75) is 17.9 Å². The molecule has 1 aromatic heterocycles. The number of thiazole rings is 1. The lowest BCUT2D eigenvalue weighted by atomic mass is 10.2. The largest absolute Gasteiger partial charge is 0.379 e. The Morgan fingerprint density at radius 1 is 1.16 bits per heavy atom. The highest BCUT2D eigenvalue weighted by atomic mass is 35.5. The van der Waals surface area contributed by atoms with Gasteiger partial charge in [0.25, 0.3) is 0 Å². The summed E-state index contributed by atoms with van der Waals surface area (Å²) in [6.45, 7) is 1.51. The van der Waals surface area contributed by atoms with Crippen LogP contribution in [0.3, 0.4) is 0 Å². The van der Waals surface area contributed by atoms with Gasteiger partial charge in [0.1, 0.15) is 5.01 Å². The fraction of sp³-hybridized carbons (Fsp3) is 0.273. The SMILES string of the molecule is O=C(Cc1csc(-c2cccc(Cl)c2)n1)NCc1ccccc1S(=O)(=O)N1CCOCC1. The van der Waals surface area contributed by atoms with Crippen LogP contribution in [0.5, 0.6) is 0 Å². The summed E-state index contributed by atoms with van der Waals surface area (Å²) in [4.78, 5) is 17.2. The van der Waals surface area contributed by atoms with Gasteiger partial charge in [-0.25, -0.2) is 13.4 Å². The number of aromatic nitrogens is 1. The van der Waals surface area contributed by atoms with Crippen LogP contribution in [0.1, 0.15) is 11.3 Å². The van der Waals surface area contributed by atoms with Gasteiger partial charge in [-0.15, -0.1) is 11.3 Å². The summed E-state index contributed by atoms with van der Waals surface area (Å²) < 4.78 is 32.8. The minimum atomic E-state index is -3.65. The molecule has 10 heteroatoms. The number of hydrogen-bond donors (Lipinski definition) is 1. The molecular weight excluding hydrogens is 470 g/mol. The molecule has 1 aliphatic rings. The van der Waals surface area contributed by atoms with Crippen molar-refractivity contribution in [3.63, 3.8) is 0 Å². The van der Waals surface area contributed by atoms with E-state index in [1.807, 2.05) is 23.6 Å². The van der Waals surface area contributed by atoms with Gasteiger partial charge in [0.15, 0.2) is 0 Å². The number of nitrogens with zero attached hydrogens (tertiary/aromatic N) is 2. The highest BCUT2D eigenvalue weighted by Crippen LogP contribution is 2.26. The highest BCUT2D eigenvalue weighted by molar-refractivity contribution is 7.89. The van der Waals surface area contributed by atoms with E-state index in [2.05, 4.69) is 10.3 Å². The van der Waals surface area contributed by atoms with Crippen LogP contribution in [-0.2, 0) is 32.5 Å². The average molecular weight is 492 g/mol. The minimum absolute atomic E-state index is 0.107. The van der Waals surface area contributed by atoms with Crippen LogP contribution in [-0.4, -0.2) is 49.9 Å². The molecule has 1 saturated heterocycles. The quantitative estimate of drug-likeness (QED) is 0.547. The first-order valence-electron chi connectivity index (χ1n) is 10.1. The number of morpholine rings is 1. The Kier molecular flexibility index (Phi) is 7.22. The van der Waals surface area contributed by atoms with Crippen molar-refractivity contribution in [1.29, 1.82) is 0 Å². The third kappa shape index (κ3) is 5.36. The molecule has 0 bridgehead atoms. The molecule has 2 aromatic carbocycles. The normalized spacial score (nSPS) is 14.9. The number of amides is 1. The van der Waals surface area contributed by atoms with Crippen LogP contribution in [0.25, 0.3) is 10.6 Å². The Bertz CT molecular complexity index is 1210. The standard InChI is InChI=1S/C22H22ClN3O4S2/c23-18-6-3-5-16(12-18)22-25-19(15-31-22)13-21(27)24-14-17-4-1-2-7-20(17)32(28,29)26-8-10-30-11-9-26/h1-7,12,15H,8-11,13-14H2,(H,24,27). The van der Waals surface area contributed by atoms with E-state index in [1.165, 1.54) is 15.6 Å². The molecule has 0 unspecified atom stereocenters. The maximum absolute atomic E-state index is 13.0. The second-order valence-corrected chi connectivity index (χ2v) is 10.4. The van der Waals surface area contributed by atoms with E-state index >= 15 is 0 Å². The number of ether oxygens (including phenoxy) is 1. The van der Waals surface area contributed by atoms with Crippen LogP contribution in [0.15, 0.2) is 58.8 Å². The van der Waals surface area contributed by atoms with Crippen molar-refractivity contribution in [3.8, 4) is 10.6 Å². The Morgan fingerprint density at radius 3 is 2.72 bits per heavy atom. The Labute approximate surface area is 196 Å². The zero-order valence-corrected chi connectivity index (χ0v) is 19.5. The molecule has 0 spiro atoms. The average Bonchev–Trinajstić information content (AvgIpc) is 3.27. The Morgan fingerprint density at radius 2 is 1.94 bits per heavy atom. The van der Waals surface area contributed by atoms with E-state index in [4.69, 9.17) is 16.3 Å². The van der Waals surface area contributed by atoms with Crippen LogP contribution in [0.2, 0.25) is 5.02 Å². The summed E-state index contributed by atoms with van der Waals surface area (Å²) in [5.41, 5.74) is 2.10. The van der Waals surface area contributed by atoms with E-state index in [0.29, 0.717) is 42.6 Å². The topological polar surface area (TPSA) is 88.6 Å². The predicted molar refractivity (Wildman–Crippen MR) is 124 cm³/mol. The third-order valence-corrected chi connectivity index (χ3v) is 8.18. The molecule has 2 heterocycles. The van der Waals surface area contributed by atoms with Gasteiger partial charge in [0, 0.05) is 35.6 Å². The van der Waals surface area contributed by atoms with Gasteiger partial charge < -0.3 is 10.1 Å². The fourth-order valence-electron chi connectivity index (χ4n) is 3.39. The number of hydrogen-bond acceptors (Lipinski definition) is 6. The second kappa shape index (κ2) is 10.1. The molecule has 32 heavy (non-hydrogen) atoms. The highest BCUT2D eigenvalue weighted by Gasteiger charge is 2.28. The van der Waals surface area contributed by atoms with Crippen LogP contribution >= 0.6 is 22.9 Å². The first kappa shape index (κ1) is 22.9. The van der Waals surface area contributed by atoms with Gasteiger partial charge in [-0.05, 0) is 23.8 Å². The fourth-order valence-corrected chi connectivity index (χ4v) is 6.03. The Hall–Kier alpha value is -2.30. The molecule has 1 aliphatic heterocycles. The molecule has 0 radical (unpaired) electrons.